The highest BCUT2D eigenvalue weighted by Gasteiger charge is 2.39. The van der Waals surface area contributed by atoms with Gasteiger partial charge in [0.05, 0.1) is 0 Å². The Balaban J connectivity index is 1.93. The Hall–Kier alpha value is -1.22. The largest absolute Gasteiger partial charge is 0.354 e. The zero-order valence-corrected chi connectivity index (χ0v) is 12.5. The van der Waals surface area contributed by atoms with Gasteiger partial charge in [-0.3, -0.25) is 4.99 Å². The minimum Gasteiger partial charge on any atom is -0.354 e. The number of halogens is 1. The van der Waals surface area contributed by atoms with Crippen LogP contribution in [0.15, 0.2) is 29.3 Å². The molecule has 19 heavy (non-hydrogen) atoms. The second-order valence-corrected chi connectivity index (χ2v) is 5.71. The highest BCUT2D eigenvalue weighted by atomic mass is 35.5. The molecule has 0 spiro atoms. The van der Waals surface area contributed by atoms with Crippen molar-refractivity contribution in [3.63, 3.8) is 0 Å². The molecule has 1 aromatic rings. The van der Waals surface area contributed by atoms with E-state index in [9.17, 15) is 0 Å². The maximum absolute atomic E-state index is 6.03. The molecule has 1 fully saturated rings. The predicted molar refractivity (Wildman–Crippen MR) is 82.0 cm³/mol. The molecule has 1 aliphatic carbocycles. The Morgan fingerprint density at radius 2 is 2.26 bits per heavy atom. The molecule has 3 nitrogen and oxygen atoms in total. The summed E-state index contributed by atoms with van der Waals surface area (Å²) in [6, 6.07) is 8.99. The standard InChI is InChI=1S/C15H22ClN3/c1-4-17-15(18-10(2)3)19-14-9-13(14)11-6-5-7-12(16)8-11/h5-8,10,13-14H,4,9H2,1-3H3,(H2,17,18,19). The molecule has 0 aromatic heterocycles. The van der Waals surface area contributed by atoms with Crippen LogP contribution < -0.4 is 10.6 Å². The van der Waals surface area contributed by atoms with Crippen LogP contribution in [0.2, 0.25) is 5.02 Å². The molecule has 0 heterocycles. The van der Waals surface area contributed by atoms with Crippen molar-refractivity contribution < 1.29 is 0 Å². The second kappa shape index (κ2) is 6.29. The molecule has 1 saturated carbocycles. The summed E-state index contributed by atoms with van der Waals surface area (Å²) in [5.74, 6) is 1.46. The molecule has 2 rings (SSSR count). The number of hydrogen-bond acceptors (Lipinski definition) is 1. The summed E-state index contributed by atoms with van der Waals surface area (Å²) in [4.78, 5) is 4.46. The monoisotopic (exact) mass is 279 g/mol. The summed E-state index contributed by atoms with van der Waals surface area (Å²) < 4.78 is 0. The molecule has 2 unspecified atom stereocenters. The van der Waals surface area contributed by atoms with Crippen molar-refractivity contribution in [3.8, 4) is 0 Å². The van der Waals surface area contributed by atoms with Gasteiger partial charge in [-0.25, -0.2) is 0 Å². The van der Waals surface area contributed by atoms with Crippen LogP contribution in [0.4, 0.5) is 0 Å². The van der Waals surface area contributed by atoms with Crippen LogP contribution in [-0.4, -0.2) is 24.6 Å². The molecule has 2 N–H and O–H groups in total. The first-order valence-electron chi connectivity index (χ1n) is 6.93. The highest BCUT2D eigenvalue weighted by molar-refractivity contribution is 6.30. The number of nitrogens with zero attached hydrogens (tertiary/aromatic N) is 1. The molecule has 0 saturated heterocycles. The summed E-state index contributed by atoms with van der Waals surface area (Å²) in [5.41, 5.74) is 1.31. The Morgan fingerprint density at radius 1 is 1.47 bits per heavy atom. The number of aliphatic imine (C=N–C) groups is 1. The van der Waals surface area contributed by atoms with E-state index in [-0.39, 0.29) is 0 Å². The first kappa shape index (κ1) is 14.2. The van der Waals surface area contributed by atoms with Gasteiger partial charge in [0.1, 0.15) is 0 Å². The first-order chi connectivity index (χ1) is 9.10. The topological polar surface area (TPSA) is 36.4 Å². The van der Waals surface area contributed by atoms with Crippen molar-refractivity contribution >= 4 is 17.6 Å². The summed E-state index contributed by atoms with van der Waals surface area (Å²) >= 11 is 6.03. The van der Waals surface area contributed by atoms with E-state index in [0.717, 1.165) is 23.9 Å². The summed E-state index contributed by atoms with van der Waals surface area (Å²) in [6.07, 6.45) is 1.14. The lowest BCUT2D eigenvalue weighted by atomic mass is 10.1. The SMILES string of the molecule is CCN=C(NC(C)C)NC1CC1c1cccc(Cl)c1. The van der Waals surface area contributed by atoms with Crippen molar-refractivity contribution in [3.05, 3.63) is 34.9 Å². The van der Waals surface area contributed by atoms with E-state index in [1.807, 2.05) is 19.1 Å². The third-order valence-corrected chi connectivity index (χ3v) is 3.37. The average molecular weight is 280 g/mol. The maximum atomic E-state index is 6.03. The van der Waals surface area contributed by atoms with E-state index < -0.39 is 0 Å². The van der Waals surface area contributed by atoms with Gasteiger partial charge in [0.25, 0.3) is 0 Å². The van der Waals surface area contributed by atoms with E-state index in [4.69, 9.17) is 11.6 Å². The van der Waals surface area contributed by atoms with Crippen LogP contribution >= 0.6 is 11.6 Å². The number of hydrogen-bond donors (Lipinski definition) is 2. The van der Waals surface area contributed by atoms with Crippen molar-refractivity contribution in [1.29, 1.82) is 0 Å². The summed E-state index contributed by atoms with van der Waals surface area (Å²) in [5, 5.41) is 7.65. The smallest absolute Gasteiger partial charge is 0.191 e. The molecular formula is C15H22ClN3. The van der Waals surface area contributed by atoms with Crippen molar-refractivity contribution in [2.45, 2.75) is 45.2 Å². The fraction of sp³-hybridized carbons (Fsp3) is 0.533. The van der Waals surface area contributed by atoms with Crippen LogP contribution in [0.5, 0.6) is 0 Å². The molecule has 4 heteroatoms. The fourth-order valence-electron chi connectivity index (χ4n) is 2.20. The van der Waals surface area contributed by atoms with Crippen molar-refractivity contribution in [1.82, 2.24) is 10.6 Å². The van der Waals surface area contributed by atoms with Gasteiger partial charge in [-0.2, -0.15) is 0 Å². The maximum Gasteiger partial charge on any atom is 0.191 e. The van der Waals surface area contributed by atoms with E-state index in [0.29, 0.717) is 18.0 Å². The predicted octanol–water partition coefficient (Wildman–Crippen LogP) is 3.16. The zero-order valence-electron chi connectivity index (χ0n) is 11.8. The molecular weight excluding hydrogens is 258 g/mol. The molecule has 0 aliphatic heterocycles. The van der Waals surface area contributed by atoms with E-state index in [1.54, 1.807) is 0 Å². The average Bonchev–Trinajstić information content (AvgIpc) is 3.08. The van der Waals surface area contributed by atoms with Gasteiger partial charge in [0, 0.05) is 29.6 Å². The molecule has 1 aliphatic rings. The van der Waals surface area contributed by atoms with Gasteiger partial charge >= 0.3 is 0 Å². The normalized spacial score (nSPS) is 22.5. The van der Waals surface area contributed by atoms with Crippen LogP contribution in [0.3, 0.4) is 0 Å². The van der Waals surface area contributed by atoms with E-state index in [2.05, 4.69) is 41.6 Å². The third-order valence-electron chi connectivity index (χ3n) is 3.13. The number of rotatable bonds is 4. The molecule has 0 amide bonds. The van der Waals surface area contributed by atoms with Crippen molar-refractivity contribution in [2.24, 2.45) is 4.99 Å². The van der Waals surface area contributed by atoms with E-state index >= 15 is 0 Å². The van der Waals surface area contributed by atoms with Gasteiger partial charge in [0.2, 0.25) is 0 Å². The molecule has 2 atom stereocenters. The van der Waals surface area contributed by atoms with Gasteiger partial charge in [0.15, 0.2) is 5.96 Å². The van der Waals surface area contributed by atoms with Crippen LogP contribution in [0, 0.1) is 0 Å². The molecule has 104 valence electrons. The van der Waals surface area contributed by atoms with Crippen molar-refractivity contribution in [2.75, 3.05) is 6.54 Å². The van der Waals surface area contributed by atoms with Crippen LogP contribution in [-0.2, 0) is 0 Å². The lowest BCUT2D eigenvalue weighted by molar-refractivity contribution is 0.692. The van der Waals surface area contributed by atoms with Crippen LogP contribution in [0.25, 0.3) is 0 Å². The fourth-order valence-corrected chi connectivity index (χ4v) is 2.40. The highest BCUT2D eigenvalue weighted by Crippen LogP contribution is 2.41. The number of nitrogens with one attached hydrogen (secondary N) is 2. The summed E-state index contributed by atoms with van der Waals surface area (Å²) in [7, 11) is 0. The molecule has 1 aromatic carbocycles. The molecule has 0 radical (unpaired) electrons. The van der Waals surface area contributed by atoms with Gasteiger partial charge in [-0.15, -0.1) is 0 Å². The van der Waals surface area contributed by atoms with Gasteiger partial charge in [-0.1, -0.05) is 23.7 Å². The minimum atomic E-state index is 0.390. The Bertz CT molecular complexity index is 456. The Kier molecular flexibility index (Phi) is 4.70. The Labute approximate surface area is 120 Å². The summed E-state index contributed by atoms with van der Waals surface area (Å²) in [6.45, 7) is 7.07. The molecule has 0 bridgehead atoms. The van der Waals surface area contributed by atoms with Gasteiger partial charge in [-0.05, 0) is 44.9 Å². The van der Waals surface area contributed by atoms with Gasteiger partial charge < -0.3 is 10.6 Å². The quantitative estimate of drug-likeness (QED) is 0.656. The second-order valence-electron chi connectivity index (χ2n) is 5.27. The number of benzene rings is 1. The van der Waals surface area contributed by atoms with Crippen LogP contribution in [0.1, 0.15) is 38.7 Å². The number of guanidine groups is 1. The lowest BCUT2D eigenvalue weighted by Crippen LogP contribution is -2.42. The Morgan fingerprint density at radius 3 is 2.89 bits per heavy atom. The lowest BCUT2D eigenvalue weighted by Gasteiger charge is -2.15. The minimum absolute atomic E-state index is 0.390. The first-order valence-corrected chi connectivity index (χ1v) is 7.31. The zero-order chi connectivity index (χ0) is 13.8. The van der Waals surface area contributed by atoms with E-state index in [1.165, 1.54) is 5.56 Å². The third kappa shape index (κ3) is 4.13.